The Balaban J connectivity index is 2.64. The predicted molar refractivity (Wildman–Crippen MR) is 53.1 cm³/mol. The van der Waals surface area contributed by atoms with Crippen LogP contribution in [0.25, 0.3) is 0 Å². The molecule has 0 atom stereocenters. The summed E-state index contributed by atoms with van der Waals surface area (Å²) >= 11 is 0. The van der Waals surface area contributed by atoms with Crippen molar-refractivity contribution in [2.24, 2.45) is 0 Å². The molecule has 0 saturated carbocycles. The van der Waals surface area contributed by atoms with E-state index >= 15 is 0 Å². The third kappa shape index (κ3) is 1.29. The molecule has 1 aromatic heterocycles. The van der Waals surface area contributed by atoms with Crippen molar-refractivity contribution in [3.63, 3.8) is 0 Å². The fraction of sp³-hybridized carbons (Fsp3) is 0.273. The van der Waals surface area contributed by atoms with Gasteiger partial charge in [0.25, 0.3) is 0 Å². The lowest BCUT2D eigenvalue weighted by molar-refractivity contribution is 0.0903. The van der Waals surface area contributed by atoms with Gasteiger partial charge in [-0.2, -0.15) is 0 Å². The van der Waals surface area contributed by atoms with E-state index in [0.717, 1.165) is 6.08 Å². The molecule has 0 saturated heterocycles. The maximum Gasteiger partial charge on any atom is 0.231 e. The molecule has 0 aromatic carbocycles. The summed E-state index contributed by atoms with van der Waals surface area (Å²) in [5, 5.41) is 9.00. The Morgan fingerprint density at radius 2 is 2.12 bits per heavy atom. The average Bonchev–Trinajstić information content (AvgIpc) is 2.61. The Kier molecular flexibility index (Phi) is 2.40. The number of carbonyl (C=O) groups excluding carboxylic acids is 2. The lowest BCUT2D eigenvalue weighted by Gasteiger charge is -2.09. The first-order valence-corrected chi connectivity index (χ1v) is 4.68. The second-order valence-corrected chi connectivity index (χ2v) is 3.42. The zero-order chi connectivity index (χ0) is 11.9. The quantitative estimate of drug-likeness (QED) is 0.807. The normalized spacial score (nSPS) is 14.8. The highest BCUT2D eigenvalue weighted by Crippen LogP contribution is 2.29. The molecule has 2 rings (SSSR count). The van der Waals surface area contributed by atoms with Gasteiger partial charge in [0.05, 0.1) is 12.7 Å². The standard InChI is InChI=1S/C11H10O5/c1-5-8(4-12)16-11-6(13)3-7(15-2)10(14)9(5)11/h3,12H,4H2,1-2H3. The molecule has 1 N–H and O–H groups in total. The smallest absolute Gasteiger partial charge is 0.231 e. The van der Waals surface area contributed by atoms with E-state index in [9.17, 15) is 9.59 Å². The van der Waals surface area contributed by atoms with Crippen LogP contribution in [-0.4, -0.2) is 23.8 Å². The number of Topliss-reactive ketones (excluding diaryl/α,β-unsaturated/α-hetero) is 1. The number of rotatable bonds is 2. The van der Waals surface area contributed by atoms with Crippen LogP contribution in [0.5, 0.6) is 0 Å². The third-order valence-corrected chi connectivity index (χ3v) is 2.55. The maximum atomic E-state index is 11.9. The van der Waals surface area contributed by atoms with Gasteiger partial charge in [-0.3, -0.25) is 9.59 Å². The van der Waals surface area contributed by atoms with Gasteiger partial charge in [-0.05, 0) is 6.92 Å². The summed E-state index contributed by atoms with van der Waals surface area (Å²) in [4.78, 5) is 23.5. The van der Waals surface area contributed by atoms with Crippen molar-refractivity contribution in [2.75, 3.05) is 7.11 Å². The van der Waals surface area contributed by atoms with Crippen LogP contribution in [0.4, 0.5) is 0 Å². The average molecular weight is 222 g/mol. The molecule has 0 spiro atoms. The SMILES string of the molecule is COC1=CC(=O)c2oc(CO)c(C)c2C1=O. The zero-order valence-electron chi connectivity index (χ0n) is 8.86. The van der Waals surface area contributed by atoms with Crippen LogP contribution in [0.3, 0.4) is 0 Å². The second kappa shape index (κ2) is 3.61. The molecule has 5 nitrogen and oxygen atoms in total. The number of allylic oxidation sites excluding steroid dienone is 2. The van der Waals surface area contributed by atoms with Gasteiger partial charge < -0.3 is 14.3 Å². The Labute approximate surface area is 91.3 Å². The molecule has 16 heavy (non-hydrogen) atoms. The molecule has 0 amide bonds. The van der Waals surface area contributed by atoms with Crippen molar-refractivity contribution < 1.29 is 23.8 Å². The number of carbonyl (C=O) groups is 2. The minimum atomic E-state index is -0.422. The molecule has 5 heteroatoms. The number of methoxy groups -OCH3 is 1. The number of aliphatic hydroxyl groups excluding tert-OH is 1. The highest BCUT2D eigenvalue weighted by Gasteiger charge is 2.33. The van der Waals surface area contributed by atoms with Crippen LogP contribution >= 0.6 is 0 Å². The summed E-state index contributed by atoms with van der Waals surface area (Å²) < 4.78 is 9.96. The van der Waals surface area contributed by atoms with Crippen molar-refractivity contribution in [3.8, 4) is 0 Å². The maximum absolute atomic E-state index is 11.9. The van der Waals surface area contributed by atoms with Crippen molar-refractivity contribution in [1.82, 2.24) is 0 Å². The van der Waals surface area contributed by atoms with E-state index in [-0.39, 0.29) is 29.4 Å². The van der Waals surface area contributed by atoms with Crippen LogP contribution in [0.2, 0.25) is 0 Å². The summed E-state index contributed by atoms with van der Waals surface area (Å²) in [6.07, 6.45) is 1.09. The molecule has 0 fully saturated rings. The number of aliphatic hydroxyl groups is 1. The predicted octanol–water partition coefficient (Wildman–Crippen LogP) is 0.990. The number of fused-ring (bicyclic) bond motifs is 1. The van der Waals surface area contributed by atoms with E-state index in [1.807, 2.05) is 0 Å². The summed E-state index contributed by atoms with van der Waals surface area (Å²) in [7, 11) is 1.32. The first-order chi connectivity index (χ1) is 7.60. The Hall–Kier alpha value is -1.88. The fourth-order valence-electron chi connectivity index (χ4n) is 1.68. The lowest BCUT2D eigenvalue weighted by Crippen LogP contribution is -2.16. The second-order valence-electron chi connectivity index (χ2n) is 3.42. The number of hydrogen-bond acceptors (Lipinski definition) is 5. The summed E-state index contributed by atoms with van der Waals surface area (Å²) in [6.45, 7) is 1.28. The summed E-state index contributed by atoms with van der Waals surface area (Å²) in [5.41, 5.74) is 0.673. The van der Waals surface area contributed by atoms with Crippen molar-refractivity contribution in [2.45, 2.75) is 13.5 Å². The van der Waals surface area contributed by atoms with Crippen molar-refractivity contribution in [1.29, 1.82) is 0 Å². The van der Waals surface area contributed by atoms with Gasteiger partial charge in [0.1, 0.15) is 12.4 Å². The van der Waals surface area contributed by atoms with E-state index in [2.05, 4.69) is 0 Å². The molecule has 1 heterocycles. The highest BCUT2D eigenvalue weighted by atomic mass is 16.5. The number of ketones is 2. The number of ether oxygens (including phenoxy) is 1. The minimum absolute atomic E-state index is 0.00844. The highest BCUT2D eigenvalue weighted by molar-refractivity contribution is 6.23. The van der Waals surface area contributed by atoms with Gasteiger partial charge in [0.15, 0.2) is 11.5 Å². The van der Waals surface area contributed by atoms with Crippen LogP contribution in [0, 0.1) is 6.92 Å². The summed E-state index contributed by atoms with van der Waals surface area (Å²) in [6, 6.07) is 0. The first kappa shape index (κ1) is 10.6. The van der Waals surface area contributed by atoms with Gasteiger partial charge in [0.2, 0.25) is 11.6 Å². The van der Waals surface area contributed by atoms with Crippen LogP contribution < -0.4 is 0 Å². The zero-order valence-corrected chi connectivity index (χ0v) is 8.86. The van der Waals surface area contributed by atoms with Crippen LogP contribution in [-0.2, 0) is 11.3 Å². The molecule has 1 aliphatic rings. The molecular weight excluding hydrogens is 212 g/mol. The van der Waals surface area contributed by atoms with Gasteiger partial charge in [-0.15, -0.1) is 0 Å². The molecular formula is C11H10O5. The van der Waals surface area contributed by atoms with Gasteiger partial charge >= 0.3 is 0 Å². The van der Waals surface area contributed by atoms with Crippen LogP contribution in [0.1, 0.15) is 32.2 Å². The molecule has 1 aliphatic carbocycles. The van der Waals surface area contributed by atoms with E-state index in [1.165, 1.54) is 7.11 Å². The Morgan fingerprint density at radius 1 is 1.44 bits per heavy atom. The van der Waals surface area contributed by atoms with E-state index in [1.54, 1.807) is 6.92 Å². The Morgan fingerprint density at radius 3 is 2.69 bits per heavy atom. The summed E-state index contributed by atoms with van der Waals surface area (Å²) in [5.74, 6) is -0.608. The van der Waals surface area contributed by atoms with E-state index in [4.69, 9.17) is 14.3 Å². The molecule has 0 aliphatic heterocycles. The van der Waals surface area contributed by atoms with Crippen molar-refractivity contribution >= 4 is 11.6 Å². The molecule has 1 aromatic rings. The van der Waals surface area contributed by atoms with Crippen LogP contribution in [0.15, 0.2) is 16.3 Å². The monoisotopic (exact) mass is 222 g/mol. The minimum Gasteiger partial charge on any atom is -0.492 e. The first-order valence-electron chi connectivity index (χ1n) is 4.68. The van der Waals surface area contributed by atoms with E-state index < -0.39 is 11.6 Å². The molecule has 0 bridgehead atoms. The molecule has 0 unspecified atom stereocenters. The van der Waals surface area contributed by atoms with Crippen molar-refractivity contribution in [3.05, 3.63) is 34.5 Å². The third-order valence-electron chi connectivity index (χ3n) is 2.55. The largest absolute Gasteiger partial charge is 0.492 e. The van der Waals surface area contributed by atoms with Gasteiger partial charge in [0, 0.05) is 11.6 Å². The van der Waals surface area contributed by atoms with Gasteiger partial charge in [-0.25, -0.2) is 0 Å². The number of hydrogen-bond donors (Lipinski definition) is 1. The number of furan rings is 1. The topological polar surface area (TPSA) is 76.7 Å². The molecule has 0 radical (unpaired) electrons. The lowest BCUT2D eigenvalue weighted by atomic mass is 9.97. The molecule has 84 valence electrons. The Bertz CT molecular complexity index is 507. The van der Waals surface area contributed by atoms with Gasteiger partial charge in [-0.1, -0.05) is 0 Å². The van der Waals surface area contributed by atoms with E-state index in [0.29, 0.717) is 5.56 Å². The fourth-order valence-corrected chi connectivity index (χ4v) is 1.68.